The van der Waals surface area contributed by atoms with Gasteiger partial charge >= 0.3 is 6.09 Å². The van der Waals surface area contributed by atoms with Crippen molar-refractivity contribution in [3.8, 4) is 0 Å². The van der Waals surface area contributed by atoms with Gasteiger partial charge in [-0.05, 0) is 87.9 Å². The molecule has 0 unspecified atom stereocenters. The van der Waals surface area contributed by atoms with Crippen LogP contribution in [0.25, 0.3) is 0 Å². The van der Waals surface area contributed by atoms with Crippen LogP contribution in [-0.4, -0.2) is 61.2 Å². The highest BCUT2D eigenvalue weighted by molar-refractivity contribution is 6.06. The molecule has 0 atom stereocenters. The second kappa shape index (κ2) is 15.1. The number of hydrogen-bond acceptors (Lipinski definition) is 8. The number of ether oxygens (including phenoxy) is 1. The van der Waals surface area contributed by atoms with Crippen molar-refractivity contribution >= 4 is 35.0 Å². The van der Waals surface area contributed by atoms with Gasteiger partial charge in [0.25, 0.3) is 11.8 Å². The molecular weight excluding hydrogens is 632 g/mol. The van der Waals surface area contributed by atoms with Crippen molar-refractivity contribution in [1.82, 2.24) is 15.6 Å². The molecule has 50 heavy (non-hydrogen) atoms. The van der Waals surface area contributed by atoms with Gasteiger partial charge in [-0.15, -0.1) is 0 Å². The minimum Gasteiger partial charge on any atom is -0.448 e. The molecule has 11 heteroatoms. The lowest BCUT2D eigenvalue weighted by Gasteiger charge is -2.38. The summed E-state index contributed by atoms with van der Waals surface area (Å²) < 4.78 is 10.9. The predicted molar refractivity (Wildman–Crippen MR) is 194 cm³/mol. The molecule has 1 aliphatic heterocycles. The first-order valence-corrected chi connectivity index (χ1v) is 17.3. The molecule has 4 aromatic rings. The molecule has 0 radical (unpaired) electrons. The van der Waals surface area contributed by atoms with Crippen LogP contribution in [0.5, 0.6) is 0 Å². The Bertz CT molecular complexity index is 1820. The van der Waals surface area contributed by atoms with E-state index >= 15 is 0 Å². The van der Waals surface area contributed by atoms with E-state index in [-0.39, 0.29) is 17.5 Å². The van der Waals surface area contributed by atoms with E-state index < -0.39 is 11.7 Å². The maximum Gasteiger partial charge on any atom is 0.407 e. The first kappa shape index (κ1) is 34.5. The van der Waals surface area contributed by atoms with E-state index in [9.17, 15) is 14.4 Å². The van der Waals surface area contributed by atoms with Crippen molar-refractivity contribution in [3.05, 3.63) is 107 Å². The summed E-state index contributed by atoms with van der Waals surface area (Å²) >= 11 is 0. The SMILES string of the molecule is Cc1ccccc1N1CCN(c2ccc(C(=O)NCCc3ccc(CNC(=O)OC(C)(C)C)cc3)cc2NC(=O)c2coc(C3CC3)n2)CC1. The van der Waals surface area contributed by atoms with Crippen molar-refractivity contribution in [1.29, 1.82) is 0 Å². The van der Waals surface area contributed by atoms with Crippen LogP contribution in [0.15, 0.2) is 77.4 Å². The number of benzene rings is 3. The minimum atomic E-state index is -0.550. The van der Waals surface area contributed by atoms with Crippen molar-refractivity contribution in [2.45, 2.75) is 65.0 Å². The molecule has 3 N–H and O–H groups in total. The molecule has 2 aliphatic rings. The normalized spacial score (nSPS) is 14.6. The Kier molecular flexibility index (Phi) is 10.4. The monoisotopic (exact) mass is 678 g/mol. The fourth-order valence-electron chi connectivity index (χ4n) is 5.99. The van der Waals surface area contributed by atoms with Crippen molar-refractivity contribution in [3.63, 3.8) is 0 Å². The summed E-state index contributed by atoms with van der Waals surface area (Å²) in [4.78, 5) is 47.7. The number of alkyl carbamates (subject to hydrolysis) is 1. The number of para-hydroxylation sites is 1. The Balaban J connectivity index is 1.09. The first-order chi connectivity index (χ1) is 24.0. The highest BCUT2D eigenvalue weighted by atomic mass is 16.6. The first-order valence-electron chi connectivity index (χ1n) is 17.3. The van der Waals surface area contributed by atoms with Gasteiger partial charge < -0.3 is 34.9 Å². The van der Waals surface area contributed by atoms with Gasteiger partial charge in [-0.1, -0.05) is 42.5 Å². The van der Waals surface area contributed by atoms with E-state index in [1.54, 1.807) is 6.07 Å². The maximum absolute atomic E-state index is 13.4. The Morgan fingerprint density at radius 2 is 1.54 bits per heavy atom. The second-order valence-corrected chi connectivity index (χ2v) is 14.0. The van der Waals surface area contributed by atoms with Gasteiger partial charge in [0, 0.05) is 56.4 Å². The van der Waals surface area contributed by atoms with Gasteiger partial charge in [0.15, 0.2) is 11.6 Å². The number of aromatic nitrogens is 1. The largest absolute Gasteiger partial charge is 0.448 e. The van der Waals surface area contributed by atoms with Gasteiger partial charge in [-0.25, -0.2) is 9.78 Å². The van der Waals surface area contributed by atoms with Gasteiger partial charge in [0.05, 0.1) is 11.4 Å². The third-order valence-corrected chi connectivity index (χ3v) is 8.82. The summed E-state index contributed by atoms with van der Waals surface area (Å²) in [6.45, 7) is 11.6. The molecule has 2 heterocycles. The second-order valence-electron chi connectivity index (χ2n) is 14.0. The average Bonchev–Trinajstić information content (AvgIpc) is 3.83. The summed E-state index contributed by atoms with van der Waals surface area (Å²) in [6, 6.07) is 21.7. The van der Waals surface area contributed by atoms with E-state index in [2.05, 4.69) is 61.9 Å². The molecule has 0 spiro atoms. The topological polar surface area (TPSA) is 129 Å². The van der Waals surface area contributed by atoms with Crippen molar-refractivity contribution in [2.24, 2.45) is 0 Å². The standard InChI is InChI=1S/C39H46N6O5/c1-26-7-5-6-8-33(26)44-19-21-45(22-20-44)34-16-15-30(23-31(34)42-36(47)32-25-49-37(43-32)29-13-14-29)35(46)40-18-17-27-9-11-28(12-10-27)24-41-38(48)50-39(2,3)4/h5-12,15-16,23,25,29H,13-14,17-22,24H2,1-4H3,(H,40,46)(H,41,48)(H,42,47). The van der Waals surface area contributed by atoms with Gasteiger partial charge in [-0.3, -0.25) is 9.59 Å². The number of nitrogens with zero attached hydrogens (tertiary/aromatic N) is 3. The Morgan fingerprint density at radius 1 is 0.860 bits per heavy atom. The molecular formula is C39H46N6O5. The van der Waals surface area contributed by atoms with Crippen molar-refractivity contribution < 1.29 is 23.5 Å². The molecule has 3 aromatic carbocycles. The molecule has 11 nitrogen and oxygen atoms in total. The lowest BCUT2D eigenvalue weighted by molar-refractivity contribution is 0.0523. The number of amides is 3. The molecule has 1 aliphatic carbocycles. The lowest BCUT2D eigenvalue weighted by Crippen LogP contribution is -2.47. The molecule has 6 rings (SSSR count). The minimum absolute atomic E-state index is 0.226. The maximum atomic E-state index is 13.4. The van der Waals surface area contributed by atoms with Gasteiger partial charge in [0.2, 0.25) is 0 Å². The van der Waals surface area contributed by atoms with Crippen LogP contribution in [0.1, 0.15) is 83.0 Å². The molecule has 1 aromatic heterocycles. The van der Waals surface area contributed by atoms with Crippen LogP contribution in [0.4, 0.5) is 21.9 Å². The van der Waals surface area contributed by atoms with E-state index in [4.69, 9.17) is 9.15 Å². The molecule has 0 bridgehead atoms. The fourth-order valence-corrected chi connectivity index (χ4v) is 5.99. The summed E-state index contributed by atoms with van der Waals surface area (Å²) in [7, 11) is 0. The number of carbonyl (C=O) groups is 3. The Hall–Kier alpha value is -5.32. The van der Waals surface area contributed by atoms with Crippen LogP contribution < -0.4 is 25.8 Å². The van der Waals surface area contributed by atoms with Crippen molar-refractivity contribution in [2.75, 3.05) is 47.8 Å². The van der Waals surface area contributed by atoms with Crippen LogP contribution in [0.2, 0.25) is 0 Å². The Morgan fingerprint density at radius 3 is 2.22 bits per heavy atom. The number of aryl methyl sites for hydroxylation is 1. The number of nitrogens with one attached hydrogen (secondary N) is 3. The van der Waals surface area contributed by atoms with Crippen LogP contribution in [0.3, 0.4) is 0 Å². The zero-order valence-electron chi connectivity index (χ0n) is 29.3. The smallest absolute Gasteiger partial charge is 0.407 e. The molecule has 3 amide bonds. The van der Waals surface area contributed by atoms with Crippen LogP contribution in [-0.2, 0) is 17.7 Å². The van der Waals surface area contributed by atoms with E-state index in [0.29, 0.717) is 42.6 Å². The Labute approximate surface area is 293 Å². The quantitative estimate of drug-likeness (QED) is 0.165. The van der Waals surface area contributed by atoms with Crippen LogP contribution >= 0.6 is 0 Å². The van der Waals surface area contributed by atoms with Crippen LogP contribution in [0, 0.1) is 6.92 Å². The number of oxazole rings is 1. The highest BCUT2D eigenvalue weighted by Crippen LogP contribution is 2.39. The summed E-state index contributed by atoms with van der Waals surface area (Å²) in [5.74, 6) is 0.292. The number of carbonyl (C=O) groups excluding carboxylic acids is 3. The number of piperazine rings is 1. The summed E-state index contributed by atoms with van der Waals surface area (Å²) in [5, 5.41) is 8.81. The third kappa shape index (κ3) is 9.02. The van der Waals surface area contributed by atoms with Gasteiger partial charge in [-0.2, -0.15) is 0 Å². The van der Waals surface area contributed by atoms with E-state index in [1.165, 1.54) is 17.5 Å². The summed E-state index contributed by atoms with van der Waals surface area (Å²) in [5.41, 5.74) is 6.01. The highest BCUT2D eigenvalue weighted by Gasteiger charge is 2.30. The lowest BCUT2D eigenvalue weighted by atomic mass is 10.1. The number of hydrogen-bond donors (Lipinski definition) is 3. The van der Waals surface area contributed by atoms with Gasteiger partial charge in [0.1, 0.15) is 11.9 Å². The number of anilines is 3. The van der Waals surface area contributed by atoms with E-state index in [1.807, 2.05) is 57.2 Å². The molecule has 2 fully saturated rings. The molecule has 1 saturated heterocycles. The number of rotatable bonds is 11. The third-order valence-electron chi connectivity index (χ3n) is 8.82. The predicted octanol–water partition coefficient (Wildman–Crippen LogP) is 6.44. The summed E-state index contributed by atoms with van der Waals surface area (Å²) in [6.07, 6.45) is 3.63. The zero-order valence-corrected chi connectivity index (χ0v) is 29.3. The average molecular weight is 679 g/mol. The van der Waals surface area contributed by atoms with E-state index in [0.717, 1.165) is 55.8 Å². The molecule has 262 valence electrons. The molecule has 1 saturated carbocycles. The zero-order chi connectivity index (χ0) is 35.3. The fraction of sp³-hybridized carbons (Fsp3) is 0.385.